The maximum atomic E-state index is 13.2. The Morgan fingerprint density at radius 3 is 2.19 bits per heavy atom. The second-order valence-corrected chi connectivity index (χ2v) is 3.55. The fourth-order valence-corrected chi connectivity index (χ4v) is 1.33. The van der Waals surface area contributed by atoms with Crippen LogP contribution in [0.3, 0.4) is 0 Å². The summed E-state index contributed by atoms with van der Waals surface area (Å²) in [6.45, 7) is 1.38. The van der Waals surface area contributed by atoms with Gasteiger partial charge in [0.25, 0.3) is 0 Å². The number of alkyl halides is 3. The highest BCUT2D eigenvalue weighted by Gasteiger charge is 2.32. The lowest BCUT2D eigenvalue weighted by Gasteiger charge is -2.13. The fourth-order valence-electron chi connectivity index (χ4n) is 1.11. The van der Waals surface area contributed by atoms with Gasteiger partial charge in [0.1, 0.15) is 5.82 Å². The normalized spacial score (nSPS) is 13.2. The lowest BCUT2D eigenvalue weighted by molar-refractivity contribution is -0.137. The van der Waals surface area contributed by atoms with Gasteiger partial charge in [-0.1, -0.05) is 11.6 Å². The first-order chi connectivity index (χ1) is 6.73. The molecule has 0 heterocycles. The third-order valence-electron chi connectivity index (χ3n) is 1.87. The maximum absolute atomic E-state index is 13.2. The molecule has 16 heavy (non-hydrogen) atoms. The molecule has 1 rings (SSSR count). The predicted molar refractivity (Wildman–Crippen MR) is 56.3 cm³/mol. The molecular weight excluding hydrogens is 269 g/mol. The number of halogens is 6. The van der Waals surface area contributed by atoms with Gasteiger partial charge in [-0.3, -0.25) is 0 Å². The smallest absolute Gasteiger partial charge is 0.324 e. The second-order valence-electron chi connectivity index (χ2n) is 3.15. The van der Waals surface area contributed by atoms with Crippen molar-refractivity contribution in [3.63, 3.8) is 0 Å². The van der Waals surface area contributed by atoms with Crippen LogP contribution in [0, 0.1) is 5.82 Å². The highest BCUT2D eigenvalue weighted by molar-refractivity contribution is 6.30. The van der Waals surface area contributed by atoms with Crippen LogP contribution in [0.4, 0.5) is 17.6 Å². The molecule has 0 unspecified atom stereocenters. The molecule has 0 radical (unpaired) electrons. The van der Waals surface area contributed by atoms with Crippen LogP contribution < -0.4 is 5.73 Å². The molecule has 0 spiro atoms. The summed E-state index contributed by atoms with van der Waals surface area (Å²) in [4.78, 5) is 0. The van der Waals surface area contributed by atoms with E-state index in [0.29, 0.717) is 12.1 Å². The maximum Gasteiger partial charge on any atom is 0.416 e. The molecule has 1 nitrogen and oxygen atoms in total. The molecule has 1 atom stereocenters. The van der Waals surface area contributed by atoms with Gasteiger partial charge in [0, 0.05) is 11.6 Å². The van der Waals surface area contributed by atoms with Gasteiger partial charge in [-0.05, 0) is 19.1 Å². The number of nitrogens with two attached hydrogens (primary N) is 1. The molecular formula is C9H9Cl2F4N. The van der Waals surface area contributed by atoms with E-state index in [0.717, 1.165) is 0 Å². The van der Waals surface area contributed by atoms with Crippen LogP contribution in [0.5, 0.6) is 0 Å². The van der Waals surface area contributed by atoms with Crippen LogP contribution in [-0.2, 0) is 6.18 Å². The van der Waals surface area contributed by atoms with Gasteiger partial charge >= 0.3 is 6.18 Å². The van der Waals surface area contributed by atoms with Crippen molar-refractivity contribution in [3.8, 4) is 0 Å². The van der Waals surface area contributed by atoms with Crippen LogP contribution in [-0.4, -0.2) is 0 Å². The lowest BCUT2D eigenvalue weighted by atomic mass is 10.0. The average Bonchev–Trinajstić information content (AvgIpc) is 2.06. The summed E-state index contributed by atoms with van der Waals surface area (Å²) < 4.78 is 50.2. The van der Waals surface area contributed by atoms with Gasteiger partial charge in [0.2, 0.25) is 0 Å². The van der Waals surface area contributed by atoms with E-state index in [1.807, 2.05) is 0 Å². The molecule has 7 heteroatoms. The zero-order valence-corrected chi connectivity index (χ0v) is 9.68. The fraction of sp³-hybridized carbons (Fsp3) is 0.333. The van der Waals surface area contributed by atoms with Gasteiger partial charge in [-0.25, -0.2) is 4.39 Å². The molecule has 0 aromatic heterocycles. The number of hydrogen-bond acceptors (Lipinski definition) is 1. The number of benzene rings is 1. The van der Waals surface area contributed by atoms with E-state index < -0.39 is 28.6 Å². The minimum absolute atomic E-state index is 0. The van der Waals surface area contributed by atoms with Crippen molar-refractivity contribution >= 4 is 24.0 Å². The summed E-state index contributed by atoms with van der Waals surface area (Å²) in [7, 11) is 0. The van der Waals surface area contributed by atoms with Crippen LogP contribution in [0.2, 0.25) is 5.02 Å². The monoisotopic (exact) mass is 277 g/mol. The van der Waals surface area contributed by atoms with Crippen molar-refractivity contribution in [1.29, 1.82) is 0 Å². The van der Waals surface area contributed by atoms with Gasteiger partial charge in [0.05, 0.1) is 10.6 Å². The molecule has 0 fully saturated rings. The number of rotatable bonds is 1. The van der Waals surface area contributed by atoms with Crippen LogP contribution in [0.1, 0.15) is 24.1 Å². The Hall–Kier alpha value is -0.520. The highest BCUT2D eigenvalue weighted by atomic mass is 35.5. The van der Waals surface area contributed by atoms with E-state index in [-0.39, 0.29) is 18.0 Å². The first kappa shape index (κ1) is 15.5. The minimum Gasteiger partial charge on any atom is -0.324 e. The molecule has 1 aromatic carbocycles. The first-order valence-corrected chi connectivity index (χ1v) is 4.43. The molecule has 0 saturated carbocycles. The zero-order valence-electron chi connectivity index (χ0n) is 8.11. The Kier molecular flexibility index (Phi) is 5.04. The molecule has 2 N–H and O–H groups in total. The Morgan fingerprint density at radius 2 is 1.81 bits per heavy atom. The summed E-state index contributed by atoms with van der Waals surface area (Å²) in [5.41, 5.74) is 4.09. The topological polar surface area (TPSA) is 26.0 Å². The highest BCUT2D eigenvalue weighted by Crippen LogP contribution is 2.34. The molecule has 0 aliphatic carbocycles. The van der Waals surface area contributed by atoms with Crippen molar-refractivity contribution in [3.05, 3.63) is 34.1 Å². The summed E-state index contributed by atoms with van der Waals surface area (Å²) in [6, 6.07) is 0.374. The van der Waals surface area contributed by atoms with Gasteiger partial charge < -0.3 is 5.73 Å². The molecule has 0 saturated heterocycles. The second kappa shape index (κ2) is 5.21. The summed E-state index contributed by atoms with van der Waals surface area (Å²) >= 11 is 5.34. The third-order valence-corrected chi connectivity index (χ3v) is 2.15. The van der Waals surface area contributed by atoms with E-state index in [1.165, 1.54) is 6.92 Å². The van der Waals surface area contributed by atoms with Crippen molar-refractivity contribution in [2.75, 3.05) is 0 Å². The average molecular weight is 278 g/mol. The van der Waals surface area contributed by atoms with E-state index in [9.17, 15) is 17.6 Å². The van der Waals surface area contributed by atoms with E-state index >= 15 is 0 Å². The minimum atomic E-state index is -4.55. The predicted octanol–water partition coefficient (Wildman–Crippen LogP) is 3.94. The Labute approximate surface area is 101 Å². The van der Waals surface area contributed by atoms with Crippen molar-refractivity contribution < 1.29 is 17.6 Å². The van der Waals surface area contributed by atoms with Crippen molar-refractivity contribution in [2.24, 2.45) is 5.73 Å². The molecule has 0 aliphatic heterocycles. The quantitative estimate of drug-likeness (QED) is 0.773. The third kappa shape index (κ3) is 3.23. The molecule has 0 bridgehead atoms. The largest absolute Gasteiger partial charge is 0.416 e. The van der Waals surface area contributed by atoms with Crippen LogP contribution in [0.15, 0.2) is 12.1 Å². The van der Waals surface area contributed by atoms with Crippen LogP contribution >= 0.6 is 24.0 Å². The molecule has 0 aliphatic rings. The van der Waals surface area contributed by atoms with Gasteiger partial charge in [0.15, 0.2) is 0 Å². The van der Waals surface area contributed by atoms with E-state index in [4.69, 9.17) is 17.3 Å². The zero-order chi connectivity index (χ0) is 11.8. The summed E-state index contributed by atoms with van der Waals surface area (Å²) in [6.07, 6.45) is -4.55. The van der Waals surface area contributed by atoms with E-state index in [2.05, 4.69) is 0 Å². The molecule has 92 valence electrons. The molecule has 0 amide bonds. The van der Waals surface area contributed by atoms with Crippen molar-refractivity contribution in [1.82, 2.24) is 0 Å². The molecule has 1 aromatic rings. The van der Waals surface area contributed by atoms with Crippen molar-refractivity contribution in [2.45, 2.75) is 19.1 Å². The lowest BCUT2D eigenvalue weighted by Crippen LogP contribution is -2.12. The Morgan fingerprint density at radius 1 is 1.31 bits per heavy atom. The number of hydrogen-bond donors (Lipinski definition) is 1. The summed E-state index contributed by atoms with van der Waals surface area (Å²) in [5.74, 6) is -0.903. The van der Waals surface area contributed by atoms with Gasteiger partial charge in [-0.2, -0.15) is 13.2 Å². The first-order valence-electron chi connectivity index (χ1n) is 4.05. The Bertz CT molecular complexity index is 377. The Balaban J connectivity index is 0.00000225. The van der Waals surface area contributed by atoms with E-state index in [1.54, 1.807) is 0 Å². The SMILES string of the molecule is C[C@@H](N)c1cc(C(F)(F)F)cc(Cl)c1F.Cl. The van der Waals surface area contributed by atoms with Crippen LogP contribution in [0.25, 0.3) is 0 Å². The van der Waals surface area contributed by atoms with Gasteiger partial charge in [-0.15, -0.1) is 12.4 Å². The standard InChI is InChI=1S/C9H8ClF4N.ClH/c1-4(15)6-2-5(9(12,13)14)3-7(10)8(6)11;/h2-4H,15H2,1H3;1H/t4-;/m1./s1. The summed E-state index contributed by atoms with van der Waals surface area (Å²) in [5, 5.41) is -0.572.